The number of ether oxygens (including phenoxy) is 2. The Morgan fingerprint density at radius 3 is 3.18 bits per heavy atom. The molecule has 2 rings (SSSR count). The molecule has 2 N–H and O–H groups in total. The molecule has 5 nitrogen and oxygen atoms in total. The minimum atomic E-state index is 0.236. The summed E-state index contributed by atoms with van der Waals surface area (Å²) in [6, 6.07) is 4.05. The molecule has 2 heterocycles. The van der Waals surface area contributed by atoms with Gasteiger partial charge in [0.05, 0.1) is 37.7 Å². The summed E-state index contributed by atoms with van der Waals surface area (Å²) < 4.78 is 11.0. The fraction of sp³-hybridized carbons (Fsp3) is 0.583. The highest BCUT2D eigenvalue weighted by molar-refractivity contribution is 5.46. The molecule has 94 valence electrons. The monoisotopic (exact) mass is 237 g/mol. The van der Waals surface area contributed by atoms with Gasteiger partial charge in [-0.05, 0) is 19.1 Å². The van der Waals surface area contributed by atoms with E-state index >= 15 is 0 Å². The van der Waals surface area contributed by atoms with E-state index in [-0.39, 0.29) is 6.04 Å². The zero-order valence-electron chi connectivity index (χ0n) is 10.1. The second-order valence-corrected chi connectivity index (χ2v) is 4.03. The number of aromatic nitrogens is 1. The van der Waals surface area contributed by atoms with Gasteiger partial charge in [-0.1, -0.05) is 0 Å². The van der Waals surface area contributed by atoms with Crippen molar-refractivity contribution in [3.8, 4) is 0 Å². The first-order chi connectivity index (χ1) is 8.31. The highest BCUT2D eigenvalue weighted by Gasteiger charge is 2.24. The van der Waals surface area contributed by atoms with Gasteiger partial charge in [0, 0.05) is 13.2 Å². The Balaban J connectivity index is 2.07. The average molecular weight is 237 g/mol. The molecule has 0 radical (unpaired) electrons. The lowest BCUT2D eigenvalue weighted by atomic mass is 10.2. The smallest absolute Gasteiger partial charge is 0.129 e. The van der Waals surface area contributed by atoms with Crippen LogP contribution in [0.1, 0.15) is 6.92 Å². The van der Waals surface area contributed by atoms with Crippen molar-refractivity contribution >= 4 is 11.5 Å². The van der Waals surface area contributed by atoms with E-state index in [0.29, 0.717) is 18.9 Å². The van der Waals surface area contributed by atoms with Crippen molar-refractivity contribution in [3.63, 3.8) is 0 Å². The summed E-state index contributed by atoms with van der Waals surface area (Å²) in [6.45, 7) is 5.65. The standard InChI is InChI=1S/C12H19N3O2/c1-2-16-8-11-9-17-6-5-15(11)12-4-3-10(13)7-14-12/h3-4,7,11H,2,5-6,8-9,13H2,1H3. The van der Waals surface area contributed by atoms with Gasteiger partial charge in [-0.3, -0.25) is 0 Å². The summed E-state index contributed by atoms with van der Waals surface area (Å²) in [6.07, 6.45) is 1.68. The van der Waals surface area contributed by atoms with Crippen molar-refractivity contribution in [1.29, 1.82) is 0 Å². The quantitative estimate of drug-likeness (QED) is 0.843. The van der Waals surface area contributed by atoms with Crippen LogP contribution in [0.25, 0.3) is 0 Å². The SMILES string of the molecule is CCOCC1COCCN1c1ccc(N)cn1. The first kappa shape index (κ1) is 12.1. The summed E-state index contributed by atoms with van der Waals surface area (Å²) in [7, 11) is 0. The van der Waals surface area contributed by atoms with Gasteiger partial charge in [0.1, 0.15) is 5.82 Å². The third-order valence-electron chi connectivity index (χ3n) is 2.81. The van der Waals surface area contributed by atoms with Crippen LogP contribution in [-0.2, 0) is 9.47 Å². The molecule has 1 atom stereocenters. The number of nitrogens with zero attached hydrogens (tertiary/aromatic N) is 2. The van der Waals surface area contributed by atoms with Crippen LogP contribution >= 0.6 is 0 Å². The minimum Gasteiger partial charge on any atom is -0.397 e. The maximum atomic E-state index is 5.64. The maximum Gasteiger partial charge on any atom is 0.129 e. The fourth-order valence-corrected chi connectivity index (χ4v) is 1.92. The Morgan fingerprint density at radius 2 is 2.47 bits per heavy atom. The number of hydrogen-bond acceptors (Lipinski definition) is 5. The van der Waals surface area contributed by atoms with Gasteiger partial charge in [0.25, 0.3) is 0 Å². The lowest BCUT2D eigenvalue weighted by molar-refractivity contribution is 0.0479. The number of pyridine rings is 1. The van der Waals surface area contributed by atoms with Crippen LogP contribution in [0.3, 0.4) is 0 Å². The lowest BCUT2D eigenvalue weighted by Crippen LogP contribution is -2.48. The molecule has 0 aromatic carbocycles. The predicted molar refractivity (Wildman–Crippen MR) is 67.1 cm³/mol. The van der Waals surface area contributed by atoms with Crippen LogP contribution in [-0.4, -0.2) is 44.0 Å². The second kappa shape index (κ2) is 5.84. The molecule has 1 fully saturated rings. The zero-order valence-corrected chi connectivity index (χ0v) is 10.1. The molecule has 1 saturated heterocycles. The minimum absolute atomic E-state index is 0.236. The topological polar surface area (TPSA) is 60.6 Å². The summed E-state index contributed by atoms with van der Waals surface area (Å²) in [4.78, 5) is 6.57. The number of nitrogens with two attached hydrogens (primary N) is 1. The van der Waals surface area contributed by atoms with Crippen LogP contribution in [0.2, 0.25) is 0 Å². The van der Waals surface area contributed by atoms with Gasteiger partial charge in [-0.2, -0.15) is 0 Å². The van der Waals surface area contributed by atoms with E-state index in [4.69, 9.17) is 15.2 Å². The summed E-state index contributed by atoms with van der Waals surface area (Å²) in [5.74, 6) is 0.937. The van der Waals surface area contributed by atoms with Gasteiger partial charge < -0.3 is 20.1 Å². The predicted octanol–water partition coefficient (Wildman–Crippen LogP) is 0.905. The maximum absolute atomic E-state index is 5.64. The van der Waals surface area contributed by atoms with Crippen molar-refractivity contribution in [2.75, 3.05) is 43.6 Å². The van der Waals surface area contributed by atoms with Crippen LogP contribution in [0.5, 0.6) is 0 Å². The van der Waals surface area contributed by atoms with E-state index in [2.05, 4.69) is 9.88 Å². The largest absolute Gasteiger partial charge is 0.397 e. The molecule has 1 unspecified atom stereocenters. The number of morpholine rings is 1. The summed E-state index contributed by atoms with van der Waals surface area (Å²) >= 11 is 0. The van der Waals surface area contributed by atoms with Crippen LogP contribution in [0.15, 0.2) is 18.3 Å². The third kappa shape index (κ3) is 3.08. The number of hydrogen-bond donors (Lipinski definition) is 1. The second-order valence-electron chi connectivity index (χ2n) is 4.03. The molecule has 0 amide bonds. The number of nitrogen functional groups attached to an aromatic ring is 1. The number of rotatable bonds is 4. The van der Waals surface area contributed by atoms with Gasteiger partial charge in [0.15, 0.2) is 0 Å². The molecule has 17 heavy (non-hydrogen) atoms. The Kier molecular flexibility index (Phi) is 4.17. The van der Waals surface area contributed by atoms with Crippen molar-refractivity contribution in [3.05, 3.63) is 18.3 Å². The third-order valence-corrected chi connectivity index (χ3v) is 2.81. The highest BCUT2D eigenvalue weighted by atomic mass is 16.5. The van der Waals surface area contributed by atoms with Gasteiger partial charge >= 0.3 is 0 Å². The first-order valence-corrected chi connectivity index (χ1v) is 5.95. The van der Waals surface area contributed by atoms with E-state index in [0.717, 1.165) is 25.6 Å². The molecular formula is C12H19N3O2. The molecule has 0 bridgehead atoms. The zero-order chi connectivity index (χ0) is 12.1. The first-order valence-electron chi connectivity index (χ1n) is 5.95. The van der Waals surface area contributed by atoms with E-state index in [1.165, 1.54) is 0 Å². The molecule has 1 aliphatic heterocycles. The van der Waals surface area contributed by atoms with Crippen LogP contribution in [0, 0.1) is 0 Å². The molecule has 1 aromatic rings. The normalized spacial score (nSPS) is 20.5. The Bertz CT molecular complexity index is 342. The fourth-order valence-electron chi connectivity index (χ4n) is 1.92. The van der Waals surface area contributed by atoms with Crippen molar-refractivity contribution in [2.45, 2.75) is 13.0 Å². The Labute approximate surface area is 102 Å². The number of anilines is 2. The lowest BCUT2D eigenvalue weighted by Gasteiger charge is -2.36. The van der Waals surface area contributed by atoms with Crippen LogP contribution < -0.4 is 10.6 Å². The Hall–Kier alpha value is -1.33. The molecule has 5 heteroatoms. The van der Waals surface area contributed by atoms with Gasteiger partial charge in [0.2, 0.25) is 0 Å². The van der Waals surface area contributed by atoms with Crippen molar-refractivity contribution in [1.82, 2.24) is 4.98 Å². The van der Waals surface area contributed by atoms with E-state index in [9.17, 15) is 0 Å². The summed E-state index contributed by atoms with van der Waals surface area (Å²) in [5, 5.41) is 0. The highest BCUT2D eigenvalue weighted by Crippen LogP contribution is 2.18. The van der Waals surface area contributed by atoms with Crippen molar-refractivity contribution in [2.24, 2.45) is 0 Å². The molecule has 1 aromatic heterocycles. The molecular weight excluding hydrogens is 218 g/mol. The van der Waals surface area contributed by atoms with E-state index in [1.807, 2.05) is 19.1 Å². The molecule has 0 spiro atoms. The summed E-state index contributed by atoms with van der Waals surface area (Å²) in [5.41, 5.74) is 6.32. The molecule has 1 aliphatic rings. The molecule has 0 aliphatic carbocycles. The van der Waals surface area contributed by atoms with Crippen LogP contribution in [0.4, 0.5) is 11.5 Å². The van der Waals surface area contributed by atoms with Gasteiger partial charge in [-0.15, -0.1) is 0 Å². The average Bonchev–Trinajstić information content (AvgIpc) is 2.38. The van der Waals surface area contributed by atoms with E-state index in [1.54, 1.807) is 6.20 Å². The Morgan fingerprint density at radius 1 is 1.59 bits per heavy atom. The van der Waals surface area contributed by atoms with E-state index < -0.39 is 0 Å². The molecule has 0 saturated carbocycles. The van der Waals surface area contributed by atoms with Crippen molar-refractivity contribution < 1.29 is 9.47 Å². The van der Waals surface area contributed by atoms with Gasteiger partial charge in [-0.25, -0.2) is 4.98 Å².